The lowest BCUT2D eigenvalue weighted by molar-refractivity contribution is 0.144. The maximum Gasteiger partial charge on any atom is 0.0223 e. The SMILES string of the molecule is CC(C)CCCCCCN1CCNC(C2CCCCC2)C1. The second kappa shape index (κ2) is 9.84. The molecule has 1 aliphatic heterocycles. The van der Waals surface area contributed by atoms with Crippen LogP contribution < -0.4 is 5.32 Å². The molecule has 1 N–H and O–H groups in total. The summed E-state index contributed by atoms with van der Waals surface area (Å²) in [6.07, 6.45) is 14.5. The third kappa shape index (κ3) is 6.69. The molecule has 21 heavy (non-hydrogen) atoms. The summed E-state index contributed by atoms with van der Waals surface area (Å²) in [4.78, 5) is 2.73. The Morgan fingerprint density at radius 2 is 1.76 bits per heavy atom. The fourth-order valence-electron chi connectivity index (χ4n) is 4.14. The van der Waals surface area contributed by atoms with Gasteiger partial charge in [0.05, 0.1) is 0 Å². The van der Waals surface area contributed by atoms with E-state index in [2.05, 4.69) is 24.1 Å². The van der Waals surface area contributed by atoms with Crippen LogP contribution in [-0.2, 0) is 0 Å². The summed E-state index contributed by atoms with van der Waals surface area (Å²) >= 11 is 0. The van der Waals surface area contributed by atoms with Crippen LogP contribution in [0.25, 0.3) is 0 Å². The molecule has 1 heterocycles. The predicted molar refractivity (Wildman–Crippen MR) is 92.7 cm³/mol. The van der Waals surface area contributed by atoms with Crippen molar-refractivity contribution in [1.82, 2.24) is 10.2 Å². The minimum Gasteiger partial charge on any atom is -0.311 e. The minimum absolute atomic E-state index is 0.792. The average molecular weight is 295 g/mol. The van der Waals surface area contributed by atoms with Crippen LogP contribution in [0.5, 0.6) is 0 Å². The van der Waals surface area contributed by atoms with E-state index in [1.54, 1.807) is 0 Å². The van der Waals surface area contributed by atoms with E-state index in [1.807, 2.05) is 0 Å². The maximum absolute atomic E-state index is 3.80. The highest BCUT2D eigenvalue weighted by atomic mass is 15.2. The molecule has 2 aliphatic rings. The third-order valence-electron chi connectivity index (χ3n) is 5.51. The quantitative estimate of drug-likeness (QED) is 0.665. The summed E-state index contributed by atoms with van der Waals surface area (Å²) in [5, 5.41) is 3.80. The van der Waals surface area contributed by atoms with Crippen molar-refractivity contribution in [3.05, 3.63) is 0 Å². The lowest BCUT2D eigenvalue weighted by atomic mass is 9.83. The van der Waals surface area contributed by atoms with Gasteiger partial charge in [0.1, 0.15) is 0 Å². The van der Waals surface area contributed by atoms with Crippen molar-refractivity contribution in [2.75, 3.05) is 26.2 Å². The van der Waals surface area contributed by atoms with E-state index in [-0.39, 0.29) is 0 Å². The second-order valence-corrected chi connectivity index (χ2v) is 7.86. The molecule has 0 aromatic heterocycles. The summed E-state index contributed by atoms with van der Waals surface area (Å²) in [5.74, 6) is 1.85. The van der Waals surface area contributed by atoms with Crippen LogP contribution in [0.4, 0.5) is 0 Å². The first kappa shape index (κ1) is 17.3. The number of unbranched alkanes of at least 4 members (excludes halogenated alkanes) is 3. The van der Waals surface area contributed by atoms with Crippen molar-refractivity contribution in [3.63, 3.8) is 0 Å². The summed E-state index contributed by atoms with van der Waals surface area (Å²) in [5.41, 5.74) is 0. The van der Waals surface area contributed by atoms with Gasteiger partial charge in [-0.3, -0.25) is 0 Å². The summed E-state index contributed by atoms with van der Waals surface area (Å²) in [6.45, 7) is 9.82. The van der Waals surface area contributed by atoms with Crippen molar-refractivity contribution in [3.8, 4) is 0 Å². The highest BCUT2D eigenvalue weighted by Crippen LogP contribution is 2.27. The van der Waals surface area contributed by atoms with Crippen molar-refractivity contribution in [1.29, 1.82) is 0 Å². The monoisotopic (exact) mass is 294 g/mol. The Morgan fingerprint density at radius 1 is 1.00 bits per heavy atom. The smallest absolute Gasteiger partial charge is 0.0223 e. The summed E-state index contributed by atoms with van der Waals surface area (Å²) in [7, 11) is 0. The first-order valence-electron chi connectivity index (χ1n) is 9.71. The Kier molecular flexibility index (Phi) is 8.10. The number of rotatable bonds is 8. The number of piperazine rings is 1. The highest BCUT2D eigenvalue weighted by molar-refractivity contribution is 4.85. The van der Waals surface area contributed by atoms with Gasteiger partial charge in [0.25, 0.3) is 0 Å². The van der Waals surface area contributed by atoms with Crippen molar-refractivity contribution >= 4 is 0 Å². The van der Waals surface area contributed by atoms with Crippen LogP contribution in [0.3, 0.4) is 0 Å². The number of nitrogens with zero attached hydrogens (tertiary/aromatic N) is 1. The van der Waals surface area contributed by atoms with Crippen molar-refractivity contribution in [2.45, 2.75) is 84.1 Å². The first-order valence-corrected chi connectivity index (χ1v) is 9.71. The van der Waals surface area contributed by atoms with Gasteiger partial charge < -0.3 is 10.2 Å². The molecule has 0 radical (unpaired) electrons. The topological polar surface area (TPSA) is 15.3 Å². The van der Waals surface area contributed by atoms with Gasteiger partial charge in [-0.05, 0) is 37.6 Å². The van der Waals surface area contributed by atoms with E-state index in [1.165, 1.54) is 90.4 Å². The molecule has 1 atom stereocenters. The molecular formula is C19H38N2. The Bertz CT molecular complexity index is 258. The van der Waals surface area contributed by atoms with Crippen LogP contribution in [0.2, 0.25) is 0 Å². The molecule has 0 bridgehead atoms. The minimum atomic E-state index is 0.792. The predicted octanol–water partition coefficient (Wildman–Crippen LogP) is 4.45. The number of hydrogen-bond donors (Lipinski definition) is 1. The Balaban J connectivity index is 1.56. The number of nitrogens with one attached hydrogen (secondary N) is 1. The maximum atomic E-state index is 3.80. The van der Waals surface area contributed by atoms with Crippen LogP contribution in [0.15, 0.2) is 0 Å². The zero-order valence-corrected chi connectivity index (χ0v) is 14.6. The van der Waals surface area contributed by atoms with Gasteiger partial charge in [0.2, 0.25) is 0 Å². The third-order valence-corrected chi connectivity index (χ3v) is 5.51. The fraction of sp³-hybridized carbons (Fsp3) is 1.00. The Labute approximate surface area is 133 Å². The van der Waals surface area contributed by atoms with E-state index in [0.29, 0.717) is 0 Å². The Hall–Kier alpha value is -0.0800. The lowest BCUT2D eigenvalue weighted by Crippen LogP contribution is -2.54. The molecule has 1 saturated carbocycles. The van der Waals surface area contributed by atoms with Crippen LogP contribution in [0, 0.1) is 11.8 Å². The Morgan fingerprint density at radius 3 is 2.52 bits per heavy atom. The summed E-state index contributed by atoms with van der Waals surface area (Å²) in [6, 6.07) is 0.792. The molecule has 2 heteroatoms. The average Bonchev–Trinajstić information content (AvgIpc) is 2.52. The molecule has 0 amide bonds. The second-order valence-electron chi connectivity index (χ2n) is 7.86. The zero-order valence-electron chi connectivity index (χ0n) is 14.6. The van der Waals surface area contributed by atoms with Gasteiger partial charge in [-0.2, -0.15) is 0 Å². The van der Waals surface area contributed by atoms with Gasteiger partial charge in [-0.25, -0.2) is 0 Å². The van der Waals surface area contributed by atoms with E-state index in [4.69, 9.17) is 0 Å². The van der Waals surface area contributed by atoms with Gasteiger partial charge in [0, 0.05) is 25.7 Å². The molecule has 0 spiro atoms. The lowest BCUT2D eigenvalue weighted by Gasteiger charge is -2.39. The first-order chi connectivity index (χ1) is 10.3. The molecule has 2 rings (SSSR count). The van der Waals surface area contributed by atoms with E-state index < -0.39 is 0 Å². The molecule has 1 unspecified atom stereocenters. The van der Waals surface area contributed by atoms with Crippen LogP contribution in [0.1, 0.15) is 78.1 Å². The van der Waals surface area contributed by atoms with Crippen molar-refractivity contribution in [2.24, 2.45) is 11.8 Å². The largest absolute Gasteiger partial charge is 0.311 e. The molecule has 1 aliphatic carbocycles. The molecule has 0 aromatic rings. The van der Waals surface area contributed by atoms with Gasteiger partial charge in [-0.15, -0.1) is 0 Å². The summed E-state index contributed by atoms with van der Waals surface area (Å²) < 4.78 is 0. The van der Waals surface area contributed by atoms with E-state index in [9.17, 15) is 0 Å². The van der Waals surface area contributed by atoms with Gasteiger partial charge in [-0.1, -0.05) is 58.8 Å². The zero-order chi connectivity index (χ0) is 14.9. The van der Waals surface area contributed by atoms with E-state index >= 15 is 0 Å². The van der Waals surface area contributed by atoms with E-state index in [0.717, 1.165) is 17.9 Å². The standard InChI is InChI=1S/C19H38N2/c1-17(2)10-6-3-4-9-14-21-15-13-20-19(16-21)18-11-7-5-8-12-18/h17-20H,3-16H2,1-2H3. The molecule has 2 fully saturated rings. The van der Waals surface area contributed by atoms with Gasteiger partial charge in [0.15, 0.2) is 0 Å². The highest BCUT2D eigenvalue weighted by Gasteiger charge is 2.27. The fourth-order valence-corrected chi connectivity index (χ4v) is 4.14. The number of hydrogen-bond acceptors (Lipinski definition) is 2. The molecule has 2 nitrogen and oxygen atoms in total. The van der Waals surface area contributed by atoms with Crippen molar-refractivity contribution < 1.29 is 0 Å². The molecule has 0 aromatic carbocycles. The normalized spacial score (nSPS) is 25.6. The van der Waals surface area contributed by atoms with Crippen LogP contribution in [-0.4, -0.2) is 37.1 Å². The van der Waals surface area contributed by atoms with Gasteiger partial charge >= 0.3 is 0 Å². The van der Waals surface area contributed by atoms with Crippen LogP contribution >= 0.6 is 0 Å². The molecular weight excluding hydrogens is 256 g/mol. The molecule has 1 saturated heterocycles. The molecule has 124 valence electrons.